The maximum Gasteiger partial charge on any atom is 0.573 e. The summed E-state index contributed by atoms with van der Waals surface area (Å²) in [6.07, 6.45) is -0.260. The van der Waals surface area contributed by atoms with Crippen molar-refractivity contribution in [2.24, 2.45) is 5.92 Å². The minimum Gasteiger partial charge on any atom is -0.494 e. The molecule has 0 atom stereocenters. The molecule has 27 heavy (non-hydrogen) atoms. The number of anilines is 1. The monoisotopic (exact) mass is 379 g/mol. The van der Waals surface area contributed by atoms with Gasteiger partial charge in [0.05, 0.1) is 6.61 Å². The fourth-order valence-corrected chi connectivity index (χ4v) is 3.42. The van der Waals surface area contributed by atoms with Gasteiger partial charge in [0.15, 0.2) is 0 Å². The first-order chi connectivity index (χ1) is 13.0. The molecular weight excluding hydrogens is 355 g/mol. The molecule has 0 unspecified atom stereocenters. The Hall–Kier alpha value is -2.37. The van der Waals surface area contributed by atoms with Gasteiger partial charge in [-0.25, -0.2) is 0 Å². The Kier molecular flexibility index (Phi) is 6.48. The van der Waals surface area contributed by atoms with Gasteiger partial charge in [0.1, 0.15) is 11.5 Å². The molecular formula is C21H24F3NO2. The predicted octanol–water partition coefficient (Wildman–Crippen LogP) is 5.66. The fourth-order valence-electron chi connectivity index (χ4n) is 3.42. The van der Waals surface area contributed by atoms with E-state index < -0.39 is 6.36 Å². The number of ether oxygens (including phenoxy) is 2. The molecule has 1 aliphatic rings. The zero-order valence-corrected chi connectivity index (χ0v) is 15.1. The highest BCUT2D eigenvalue weighted by Crippen LogP contribution is 2.27. The summed E-state index contributed by atoms with van der Waals surface area (Å²) >= 11 is 0. The van der Waals surface area contributed by atoms with Gasteiger partial charge in [-0.1, -0.05) is 18.2 Å². The highest BCUT2D eigenvalue weighted by atomic mass is 19.4. The van der Waals surface area contributed by atoms with Crippen LogP contribution in [-0.4, -0.2) is 26.1 Å². The van der Waals surface area contributed by atoms with E-state index >= 15 is 0 Å². The number of benzene rings is 2. The van der Waals surface area contributed by atoms with Crippen LogP contribution in [0.2, 0.25) is 0 Å². The summed E-state index contributed by atoms with van der Waals surface area (Å²) in [5, 5.41) is 0. The van der Waals surface area contributed by atoms with E-state index in [1.807, 2.05) is 6.07 Å². The van der Waals surface area contributed by atoms with Crippen LogP contribution in [0.4, 0.5) is 18.9 Å². The second-order valence-corrected chi connectivity index (χ2v) is 6.78. The van der Waals surface area contributed by atoms with E-state index in [2.05, 4.69) is 33.9 Å². The van der Waals surface area contributed by atoms with Crippen molar-refractivity contribution < 1.29 is 22.6 Å². The average Bonchev–Trinajstić information content (AvgIpc) is 2.66. The van der Waals surface area contributed by atoms with Gasteiger partial charge in [-0.3, -0.25) is 0 Å². The van der Waals surface area contributed by atoms with E-state index in [9.17, 15) is 13.2 Å². The number of nitrogens with zero attached hydrogens (tertiary/aromatic N) is 1. The molecule has 3 rings (SSSR count). The first kappa shape index (κ1) is 19.4. The van der Waals surface area contributed by atoms with E-state index in [4.69, 9.17) is 4.74 Å². The summed E-state index contributed by atoms with van der Waals surface area (Å²) < 4.78 is 45.9. The van der Waals surface area contributed by atoms with Gasteiger partial charge in [-0.2, -0.15) is 0 Å². The van der Waals surface area contributed by atoms with Crippen molar-refractivity contribution in [2.75, 3.05) is 24.6 Å². The summed E-state index contributed by atoms with van der Waals surface area (Å²) in [5.41, 5.74) is 1.29. The number of alkyl halides is 3. The van der Waals surface area contributed by atoms with Crippen LogP contribution in [-0.2, 0) is 0 Å². The quantitative estimate of drug-likeness (QED) is 0.580. The Morgan fingerprint density at radius 2 is 1.52 bits per heavy atom. The molecule has 0 radical (unpaired) electrons. The molecule has 0 amide bonds. The molecule has 0 aromatic heterocycles. The smallest absolute Gasteiger partial charge is 0.494 e. The van der Waals surface area contributed by atoms with Gasteiger partial charge in [0, 0.05) is 18.8 Å². The molecule has 0 saturated carbocycles. The Morgan fingerprint density at radius 1 is 0.889 bits per heavy atom. The van der Waals surface area contributed by atoms with Crippen LogP contribution in [0.3, 0.4) is 0 Å². The largest absolute Gasteiger partial charge is 0.573 e. The molecule has 6 heteroatoms. The van der Waals surface area contributed by atoms with Crippen molar-refractivity contribution in [1.29, 1.82) is 0 Å². The number of hydrogen-bond acceptors (Lipinski definition) is 3. The maximum absolute atomic E-state index is 12.1. The molecule has 3 nitrogen and oxygen atoms in total. The van der Waals surface area contributed by atoms with Gasteiger partial charge >= 0.3 is 6.36 Å². The lowest BCUT2D eigenvalue weighted by Crippen LogP contribution is -2.33. The van der Waals surface area contributed by atoms with Crippen LogP contribution < -0.4 is 14.4 Å². The van der Waals surface area contributed by atoms with Crippen molar-refractivity contribution in [3.8, 4) is 11.5 Å². The van der Waals surface area contributed by atoms with E-state index in [1.54, 1.807) is 0 Å². The summed E-state index contributed by atoms with van der Waals surface area (Å²) in [6, 6.07) is 16.0. The second kappa shape index (κ2) is 9.02. The number of piperidine rings is 1. The van der Waals surface area contributed by atoms with E-state index in [-0.39, 0.29) is 5.75 Å². The summed E-state index contributed by atoms with van der Waals surface area (Å²) in [5.74, 6) is 1.03. The fraction of sp³-hybridized carbons (Fsp3) is 0.429. The number of hydrogen-bond donors (Lipinski definition) is 0. The zero-order chi connectivity index (χ0) is 19.1. The number of para-hydroxylation sites is 1. The maximum atomic E-state index is 12.1. The minimum absolute atomic E-state index is 0.236. The molecule has 2 aromatic rings. The lowest BCUT2D eigenvalue weighted by Gasteiger charge is -2.33. The summed E-state index contributed by atoms with van der Waals surface area (Å²) in [6.45, 7) is 2.73. The van der Waals surface area contributed by atoms with Crippen molar-refractivity contribution in [3.05, 3.63) is 54.6 Å². The highest BCUT2D eigenvalue weighted by Gasteiger charge is 2.31. The van der Waals surface area contributed by atoms with E-state index in [0.717, 1.165) is 25.9 Å². The highest BCUT2D eigenvalue weighted by molar-refractivity contribution is 5.46. The molecule has 0 N–H and O–H groups in total. The molecule has 1 fully saturated rings. The zero-order valence-electron chi connectivity index (χ0n) is 15.1. The Labute approximate surface area is 157 Å². The molecule has 0 spiro atoms. The second-order valence-electron chi connectivity index (χ2n) is 6.78. The number of halogens is 3. The van der Waals surface area contributed by atoms with Crippen LogP contribution in [0.1, 0.15) is 25.7 Å². The average molecular weight is 379 g/mol. The topological polar surface area (TPSA) is 21.7 Å². The SMILES string of the molecule is FC(F)(F)Oc1ccc(OCCCC2CCN(c3ccccc3)CC2)cc1. The normalized spacial score (nSPS) is 15.6. The third-order valence-corrected chi connectivity index (χ3v) is 4.82. The first-order valence-electron chi connectivity index (χ1n) is 9.28. The van der Waals surface area contributed by atoms with Crippen molar-refractivity contribution >= 4 is 5.69 Å². The van der Waals surface area contributed by atoms with Gasteiger partial charge < -0.3 is 14.4 Å². The predicted molar refractivity (Wildman–Crippen MR) is 99.2 cm³/mol. The third-order valence-electron chi connectivity index (χ3n) is 4.82. The van der Waals surface area contributed by atoms with Gasteiger partial charge in [0.25, 0.3) is 0 Å². The van der Waals surface area contributed by atoms with Gasteiger partial charge in [0.2, 0.25) is 0 Å². The Bertz CT molecular complexity index is 681. The van der Waals surface area contributed by atoms with Gasteiger partial charge in [-0.05, 0) is 68.0 Å². The molecule has 1 saturated heterocycles. The van der Waals surface area contributed by atoms with Crippen molar-refractivity contribution in [3.63, 3.8) is 0 Å². The van der Waals surface area contributed by atoms with Crippen LogP contribution in [0, 0.1) is 5.92 Å². The summed E-state index contributed by atoms with van der Waals surface area (Å²) in [4.78, 5) is 2.43. The number of rotatable bonds is 7. The van der Waals surface area contributed by atoms with E-state index in [1.165, 1.54) is 42.8 Å². The molecule has 0 aliphatic carbocycles. The minimum atomic E-state index is -4.67. The van der Waals surface area contributed by atoms with E-state index in [0.29, 0.717) is 18.3 Å². The van der Waals surface area contributed by atoms with Crippen LogP contribution in [0.5, 0.6) is 11.5 Å². The van der Waals surface area contributed by atoms with Crippen LogP contribution in [0.25, 0.3) is 0 Å². The first-order valence-corrected chi connectivity index (χ1v) is 9.28. The Balaban J connectivity index is 1.33. The molecule has 1 aliphatic heterocycles. The summed E-state index contributed by atoms with van der Waals surface area (Å²) in [7, 11) is 0. The molecule has 1 heterocycles. The van der Waals surface area contributed by atoms with Crippen LogP contribution in [0.15, 0.2) is 54.6 Å². The Morgan fingerprint density at radius 3 is 2.15 bits per heavy atom. The lowest BCUT2D eigenvalue weighted by molar-refractivity contribution is -0.274. The standard InChI is InChI=1S/C21H24F3NO2/c22-21(23,24)27-20-10-8-19(9-11-20)26-16-4-5-17-12-14-25(15-13-17)18-6-2-1-3-7-18/h1-3,6-11,17H,4-5,12-16H2. The van der Waals surface area contributed by atoms with Crippen molar-refractivity contribution in [2.45, 2.75) is 32.0 Å². The van der Waals surface area contributed by atoms with Crippen LogP contribution >= 0.6 is 0 Å². The van der Waals surface area contributed by atoms with Crippen molar-refractivity contribution in [1.82, 2.24) is 0 Å². The lowest BCUT2D eigenvalue weighted by atomic mass is 9.92. The molecule has 0 bridgehead atoms. The molecule has 146 valence electrons. The third kappa shape index (κ3) is 6.38. The molecule has 2 aromatic carbocycles. The van der Waals surface area contributed by atoms with Gasteiger partial charge in [-0.15, -0.1) is 13.2 Å².